The largest absolute Gasteiger partial charge is 0.343 e. The fourth-order valence-corrected chi connectivity index (χ4v) is 3.16. The van der Waals surface area contributed by atoms with Gasteiger partial charge in [0.2, 0.25) is 5.91 Å². The Morgan fingerprint density at radius 1 is 1.45 bits per heavy atom. The molecule has 2 aromatic heterocycles. The number of nitrogens with zero attached hydrogens (tertiary/aromatic N) is 4. The Morgan fingerprint density at radius 3 is 3.05 bits per heavy atom. The van der Waals surface area contributed by atoms with Crippen LogP contribution in [-0.2, 0) is 11.2 Å². The van der Waals surface area contributed by atoms with Crippen molar-refractivity contribution >= 4 is 17.2 Å². The summed E-state index contributed by atoms with van der Waals surface area (Å²) in [7, 11) is 0. The number of hydrogen-bond donors (Lipinski definition) is 0. The van der Waals surface area contributed by atoms with Crippen molar-refractivity contribution in [1.29, 1.82) is 0 Å². The Hall–Kier alpha value is -1.82. The molecule has 1 atom stereocenters. The number of carbonyl (C=O) groups excluding carboxylic acids is 1. The molecule has 104 valence electrons. The van der Waals surface area contributed by atoms with Crippen LogP contribution in [0.25, 0.3) is 10.7 Å². The van der Waals surface area contributed by atoms with Gasteiger partial charge < -0.3 is 4.90 Å². The average molecular weight is 288 g/mol. The Kier molecular flexibility index (Phi) is 3.73. The minimum atomic E-state index is 0.165. The summed E-state index contributed by atoms with van der Waals surface area (Å²) in [6, 6.07) is 2.01. The molecule has 0 spiro atoms. The van der Waals surface area contributed by atoms with Gasteiger partial charge in [0.25, 0.3) is 0 Å². The zero-order valence-electron chi connectivity index (χ0n) is 11.3. The maximum Gasteiger partial charge on any atom is 0.219 e. The molecule has 0 bridgehead atoms. The standard InChI is InChI=1S/C14H16N4OS/c1-10(19)18-4-2-11(8-18)6-12-7-13(17-9-16-12)14-15-3-5-20-14/h3,5,7,9,11H,2,4,6,8H2,1H3/t11-/m1/s1. The highest BCUT2D eigenvalue weighted by Gasteiger charge is 2.24. The summed E-state index contributed by atoms with van der Waals surface area (Å²) in [6.07, 6.45) is 5.33. The van der Waals surface area contributed by atoms with E-state index in [9.17, 15) is 4.79 Å². The fourth-order valence-electron chi connectivity index (χ4n) is 2.56. The van der Waals surface area contributed by atoms with Crippen LogP contribution in [0.1, 0.15) is 19.0 Å². The first-order chi connectivity index (χ1) is 9.72. The summed E-state index contributed by atoms with van der Waals surface area (Å²) >= 11 is 1.58. The quantitative estimate of drug-likeness (QED) is 0.867. The lowest BCUT2D eigenvalue weighted by atomic mass is 10.0. The van der Waals surface area contributed by atoms with Gasteiger partial charge in [-0.05, 0) is 24.8 Å². The van der Waals surface area contributed by atoms with Crippen molar-refractivity contribution in [1.82, 2.24) is 19.9 Å². The van der Waals surface area contributed by atoms with Crippen molar-refractivity contribution < 1.29 is 4.79 Å². The molecule has 1 amide bonds. The van der Waals surface area contributed by atoms with Crippen molar-refractivity contribution in [2.24, 2.45) is 5.92 Å². The van der Waals surface area contributed by atoms with E-state index in [1.54, 1.807) is 30.8 Å². The third kappa shape index (κ3) is 2.85. The topological polar surface area (TPSA) is 59.0 Å². The third-order valence-corrected chi connectivity index (χ3v) is 4.40. The minimum absolute atomic E-state index is 0.165. The molecule has 20 heavy (non-hydrogen) atoms. The van der Waals surface area contributed by atoms with Gasteiger partial charge in [-0.3, -0.25) is 4.79 Å². The van der Waals surface area contributed by atoms with E-state index < -0.39 is 0 Å². The molecule has 3 rings (SSSR count). The lowest BCUT2D eigenvalue weighted by Gasteiger charge is -2.13. The molecule has 1 saturated heterocycles. The van der Waals surface area contributed by atoms with E-state index >= 15 is 0 Å². The molecule has 1 aliphatic heterocycles. The molecular weight excluding hydrogens is 272 g/mol. The molecule has 3 heterocycles. The molecule has 0 unspecified atom stereocenters. The molecule has 5 nitrogen and oxygen atoms in total. The Balaban J connectivity index is 1.70. The molecule has 6 heteroatoms. The lowest BCUT2D eigenvalue weighted by molar-refractivity contribution is -0.127. The predicted molar refractivity (Wildman–Crippen MR) is 77.2 cm³/mol. The average Bonchev–Trinajstić information content (AvgIpc) is 3.10. The second kappa shape index (κ2) is 5.66. The normalized spacial score (nSPS) is 18.4. The maximum atomic E-state index is 11.3. The van der Waals surface area contributed by atoms with Gasteiger partial charge in [0.15, 0.2) is 0 Å². The SMILES string of the molecule is CC(=O)N1CC[C@H](Cc2cc(-c3nccs3)ncn2)C1. The summed E-state index contributed by atoms with van der Waals surface area (Å²) in [5.74, 6) is 0.664. The lowest BCUT2D eigenvalue weighted by Crippen LogP contribution is -2.26. The first-order valence-corrected chi connectivity index (χ1v) is 7.56. The summed E-state index contributed by atoms with van der Waals surface area (Å²) in [5.41, 5.74) is 1.91. The van der Waals surface area contributed by atoms with Crippen LogP contribution in [0.5, 0.6) is 0 Å². The zero-order valence-corrected chi connectivity index (χ0v) is 12.1. The van der Waals surface area contributed by atoms with Gasteiger partial charge in [-0.25, -0.2) is 15.0 Å². The highest BCUT2D eigenvalue weighted by atomic mass is 32.1. The molecule has 1 aliphatic rings. The zero-order chi connectivity index (χ0) is 13.9. The summed E-state index contributed by atoms with van der Waals surface area (Å²) < 4.78 is 0. The highest BCUT2D eigenvalue weighted by molar-refractivity contribution is 7.13. The van der Waals surface area contributed by atoms with E-state index in [4.69, 9.17) is 0 Å². The van der Waals surface area contributed by atoms with Crippen LogP contribution in [0.15, 0.2) is 24.0 Å². The van der Waals surface area contributed by atoms with E-state index in [-0.39, 0.29) is 5.91 Å². The number of thiazole rings is 1. The molecule has 0 N–H and O–H groups in total. The molecule has 0 saturated carbocycles. The molecule has 0 aromatic carbocycles. The highest BCUT2D eigenvalue weighted by Crippen LogP contribution is 2.23. The van der Waals surface area contributed by atoms with Gasteiger partial charge in [-0.2, -0.15) is 0 Å². The first-order valence-electron chi connectivity index (χ1n) is 6.68. The second-order valence-electron chi connectivity index (χ2n) is 5.06. The minimum Gasteiger partial charge on any atom is -0.343 e. The van der Waals surface area contributed by atoms with Crippen molar-refractivity contribution in [3.8, 4) is 10.7 Å². The Morgan fingerprint density at radius 2 is 2.35 bits per heavy atom. The van der Waals surface area contributed by atoms with Crippen LogP contribution >= 0.6 is 11.3 Å². The van der Waals surface area contributed by atoms with Crippen LogP contribution in [-0.4, -0.2) is 38.8 Å². The van der Waals surface area contributed by atoms with Crippen molar-refractivity contribution in [3.05, 3.63) is 29.7 Å². The van der Waals surface area contributed by atoms with Crippen LogP contribution < -0.4 is 0 Å². The van der Waals surface area contributed by atoms with Gasteiger partial charge in [0.05, 0.1) is 0 Å². The third-order valence-electron chi connectivity index (χ3n) is 3.60. The Labute approximate surface area is 121 Å². The van der Waals surface area contributed by atoms with Crippen LogP contribution in [0.2, 0.25) is 0 Å². The van der Waals surface area contributed by atoms with Gasteiger partial charge in [-0.15, -0.1) is 11.3 Å². The van der Waals surface area contributed by atoms with Crippen LogP contribution in [0.4, 0.5) is 0 Å². The van der Waals surface area contributed by atoms with E-state index in [0.29, 0.717) is 5.92 Å². The molecule has 0 aliphatic carbocycles. The summed E-state index contributed by atoms with van der Waals surface area (Å²) in [6.45, 7) is 3.34. The van der Waals surface area contributed by atoms with Gasteiger partial charge in [0, 0.05) is 37.3 Å². The number of rotatable bonds is 3. The van der Waals surface area contributed by atoms with Crippen molar-refractivity contribution in [2.75, 3.05) is 13.1 Å². The number of amides is 1. The number of aromatic nitrogens is 3. The van der Waals surface area contributed by atoms with Crippen molar-refractivity contribution in [3.63, 3.8) is 0 Å². The summed E-state index contributed by atoms with van der Waals surface area (Å²) in [5, 5.41) is 2.86. The molecule has 1 fully saturated rings. The van der Waals surface area contributed by atoms with E-state index in [1.807, 2.05) is 16.3 Å². The fraction of sp³-hybridized carbons (Fsp3) is 0.429. The Bertz CT molecular complexity index is 599. The van der Waals surface area contributed by atoms with Crippen LogP contribution in [0, 0.1) is 5.92 Å². The monoisotopic (exact) mass is 288 g/mol. The first kappa shape index (κ1) is 13.2. The van der Waals surface area contributed by atoms with Crippen LogP contribution in [0.3, 0.4) is 0 Å². The number of likely N-dealkylation sites (tertiary alicyclic amines) is 1. The molecular formula is C14H16N4OS. The van der Waals surface area contributed by atoms with E-state index in [1.165, 1.54) is 0 Å². The molecule has 2 aromatic rings. The van der Waals surface area contributed by atoms with E-state index in [2.05, 4.69) is 15.0 Å². The second-order valence-corrected chi connectivity index (χ2v) is 5.95. The maximum absolute atomic E-state index is 11.3. The van der Waals surface area contributed by atoms with E-state index in [0.717, 1.165) is 42.3 Å². The molecule has 0 radical (unpaired) electrons. The van der Waals surface area contributed by atoms with Gasteiger partial charge in [0.1, 0.15) is 17.0 Å². The number of hydrogen-bond acceptors (Lipinski definition) is 5. The van der Waals surface area contributed by atoms with Gasteiger partial charge >= 0.3 is 0 Å². The predicted octanol–water partition coefficient (Wildman–Crippen LogP) is 2.01. The smallest absolute Gasteiger partial charge is 0.219 e. The van der Waals surface area contributed by atoms with Gasteiger partial charge in [-0.1, -0.05) is 0 Å². The van der Waals surface area contributed by atoms with Crippen molar-refractivity contribution in [2.45, 2.75) is 19.8 Å². The number of carbonyl (C=O) groups is 1. The summed E-state index contributed by atoms with van der Waals surface area (Å²) in [4.78, 5) is 26.1.